The summed E-state index contributed by atoms with van der Waals surface area (Å²) in [6.07, 6.45) is 0. The molecule has 0 saturated heterocycles. The summed E-state index contributed by atoms with van der Waals surface area (Å²) in [6.45, 7) is 0. The van der Waals surface area contributed by atoms with Gasteiger partial charge in [0.2, 0.25) is 0 Å². The molecule has 17 rings (SSSR count). The lowest BCUT2D eigenvalue weighted by molar-refractivity contribution is 0.669. The Hall–Kier alpha value is -9.54. The minimum Gasteiger partial charge on any atom is -0.456 e. The molecule has 0 unspecified atom stereocenters. The summed E-state index contributed by atoms with van der Waals surface area (Å²) in [5.74, 6) is 0. The van der Waals surface area contributed by atoms with Crippen molar-refractivity contribution in [2.24, 2.45) is 0 Å². The number of hydrogen-bond acceptors (Lipinski definition) is 3. The van der Waals surface area contributed by atoms with Gasteiger partial charge in [-0.3, -0.25) is 0 Å². The van der Waals surface area contributed by atoms with E-state index in [2.05, 4.69) is 243 Å². The van der Waals surface area contributed by atoms with Crippen LogP contribution in [0.1, 0.15) is 0 Å². The van der Waals surface area contributed by atoms with Crippen LogP contribution in [0.2, 0.25) is 0 Å². The van der Waals surface area contributed by atoms with E-state index in [4.69, 9.17) is 8.83 Å². The van der Waals surface area contributed by atoms with Gasteiger partial charge < -0.3 is 8.83 Å². The molecule has 17 aromatic rings. The van der Waals surface area contributed by atoms with Gasteiger partial charge in [-0.2, -0.15) is 0 Å². The van der Waals surface area contributed by atoms with Gasteiger partial charge in [-0.25, -0.2) is 0 Å². The molecule has 14 aromatic carbocycles. The predicted octanol–water partition coefficient (Wildman–Crippen LogP) is 21.4. The average Bonchev–Trinajstić information content (AvgIpc) is 4.16. The van der Waals surface area contributed by atoms with Gasteiger partial charge in [-0.1, -0.05) is 176 Å². The number of furan rings is 2. The molecule has 346 valence electrons. The second-order valence-electron chi connectivity index (χ2n) is 20.2. The lowest BCUT2D eigenvalue weighted by Crippen LogP contribution is -1.91. The first-order valence-electron chi connectivity index (χ1n) is 25.7. The highest BCUT2D eigenvalue weighted by Crippen LogP contribution is 2.49. The highest BCUT2D eigenvalue weighted by atomic mass is 32.1. The lowest BCUT2D eigenvalue weighted by atomic mass is 9.85. The third kappa shape index (κ3) is 6.02. The maximum Gasteiger partial charge on any atom is 0.136 e. The molecule has 0 fully saturated rings. The first-order valence-corrected chi connectivity index (χ1v) is 26.5. The van der Waals surface area contributed by atoms with Crippen molar-refractivity contribution in [2.75, 3.05) is 0 Å². The Kier molecular flexibility index (Phi) is 8.46. The van der Waals surface area contributed by atoms with Crippen LogP contribution >= 0.6 is 11.3 Å². The van der Waals surface area contributed by atoms with Crippen LogP contribution in [-0.2, 0) is 0 Å². The molecular weight excluding hydrogens is 929 g/mol. The van der Waals surface area contributed by atoms with Crippen LogP contribution < -0.4 is 0 Å². The fourth-order valence-electron chi connectivity index (χ4n) is 12.8. The lowest BCUT2D eigenvalue weighted by Gasteiger charge is -2.18. The standard InChI is InChI=1S/C72H40O2S/c1-3-15-43-38-65-60(33-41(43)13-1)58-35-45(26-30-63(58)73-65)69-50-17-5-7-19-52(50)71(53-20-8-6-18-51(53)69)47-28-32-67-62(37-47)49-29-25-48(40-68(49)75-67)72-56-23-11-9-21-54(56)70(55-22-10-12-24-57(55)72)46-27-31-64-59(36-46)61-34-42-14-2-4-16-44(42)39-66(61)74-64/h1-40H. The van der Waals surface area contributed by atoms with E-state index in [1.807, 2.05) is 11.3 Å². The van der Waals surface area contributed by atoms with E-state index in [-0.39, 0.29) is 0 Å². The molecule has 0 atom stereocenters. The van der Waals surface area contributed by atoms with Crippen LogP contribution in [0.15, 0.2) is 251 Å². The summed E-state index contributed by atoms with van der Waals surface area (Å²) < 4.78 is 15.5. The third-order valence-electron chi connectivity index (χ3n) is 16.2. The Labute approximate surface area is 433 Å². The number of fused-ring (bicyclic) bond motifs is 15. The molecule has 0 radical (unpaired) electrons. The van der Waals surface area contributed by atoms with Crippen molar-refractivity contribution in [3.63, 3.8) is 0 Å². The molecule has 3 heteroatoms. The van der Waals surface area contributed by atoms with Crippen molar-refractivity contribution in [2.45, 2.75) is 0 Å². The van der Waals surface area contributed by atoms with Gasteiger partial charge in [0.25, 0.3) is 0 Å². The minimum absolute atomic E-state index is 0.903. The molecule has 75 heavy (non-hydrogen) atoms. The molecule has 0 amide bonds. The summed E-state index contributed by atoms with van der Waals surface area (Å²) in [7, 11) is 0. The molecule has 3 heterocycles. The van der Waals surface area contributed by atoms with Crippen LogP contribution in [0, 0.1) is 0 Å². The zero-order chi connectivity index (χ0) is 48.9. The summed E-state index contributed by atoms with van der Waals surface area (Å²) in [5, 5.41) is 21.8. The Morgan fingerprint density at radius 2 is 0.520 bits per heavy atom. The minimum atomic E-state index is 0.903. The molecular formula is C72H40O2S. The molecule has 0 saturated carbocycles. The van der Waals surface area contributed by atoms with Crippen molar-refractivity contribution in [3.05, 3.63) is 243 Å². The van der Waals surface area contributed by atoms with Crippen LogP contribution in [-0.4, -0.2) is 0 Å². The molecule has 0 aliphatic heterocycles. The Balaban J connectivity index is 0.811. The first-order chi connectivity index (χ1) is 37.1. The number of benzene rings is 14. The number of hydrogen-bond donors (Lipinski definition) is 0. The van der Waals surface area contributed by atoms with Crippen LogP contribution in [0.4, 0.5) is 0 Å². The van der Waals surface area contributed by atoms with Gasteiger partial charge >= 0.3 is 0 Å². The highest BCUT2D eigenvalue weighted by Gasteiger charge is 2.22. The second kappa shape index (κ2) is 15.5. The molecule has 0 N–H and O–H groups in total. The van der Waals surface area contributed by atoms with Crippen LogP contribution in [0.25, 0.3) is 173 Å². The fourth-order valence-corrected chi connectivity index (χ4v) is 14.0. The van der Waals surface area contributed by atoms with E-state index in [9.17, 15) is 0 Å². The maximum absolute atomic E-state index is 6.47. The van der Waals surface area contributed by atoms with Gasteiger partial charge in [-0.05, 0) is 176 Å². The van der Waals surface area contributed by atoms with Crippen molar-refractivity contribution in [1.29, 1.82) is 0 Å². The summed E-state index contributed by atoms with van der Waals surface area (Å²) >= 11 is 1.88. The zero-order valence-corrected chi connectivity index (χ0v) is 41.1. The predicted molar refractivity (Wildman–Crippen MR) is 321 cm³/mol. The molecule has 0 bridgehead atoms. The third-order valence-corrected chi connectivity index (χ3v) is 17.3. The molecule has 0 spiro atoms. The van der Waals surface area contributed by atoms with Crippen LogP contribution in [0.3, 0.4) is 0 Å². The largest absolute Gasteiger partial charge is 0.456 e. The Morgan fingerprint density at radius 1 is 0.200 bits per heavy atom. The van der Waals surface area contributed by atoms with Gasteiger partial charge in [0.1, 0.15) is 22.3 Å². The summed E-state index contributed by atoms with van der Waals surface area (Å²) in [6, 6.07) is 89.5. The van der Waals surface area contributed by atoms with Crippen molar-refractivity contribution >= 4 is 140 Å². The smallest absolute Gasteiger partial charge is 0.136 e. The monoisotopic (exact) mass is 968 g/mol. The van der Waals surface area contributed by atoms with E-state index < -0.39 is 0 Å². The van der Waals surface area contributed by atoms with Gasteiger partial charge in [0.05, 0.1) is 0 Å². The Bertz CT molecular complexity index is 5200. The summed E-state index contributed by atoms with van der Waals surface area (Å²) in [4.78, 5) is 0. The molecule has 0 aliphatic rings. The van der Waals surface area contributed by atoms with Crippen molar-refractivity contribution < 1.29 is 8.83 Å². The highest BCUT2D eigenvalue weighted by molar-refractivity contribution is 7.25. The summed E-state index contributed by atoms with van der Waals surface area (Å²) in [5.41, 5.74) is 13.4. The number of rotatable bonds is 4. The zero-order valence-electron chi connectivity index (χ0n) is 40.3. The molecule has 2 nitrogen and oxygen atoms in total. The second-order valence-corrected chi connectivity index (χ2v) is 21.3. The van der Waals surface area contributed by atoms with Gasteiger partial charge in [0.15, 0.2) is 0 Å². The van der Waals surface area contributed by atoms with E-state index in [0.717, 1.165) is 43.9 Å². The number of thiophene rings is 1. The van der Waals surface area contributed by atoms with E-state index in [1.54, 1.807) is 0 Å². The average molecular weight is 969 g/mol. The SMILES string of the molecule is c1ccc2cc3c(cc2c1)oc1ccc(-c2c4ccccc4c(-c4ccc5c(c4)sc4ccc(-c6c7ccccc7c(-c7ccc8oc9cc%10ccccc%10cc9c8c7)c7ccccc67)cc45)c4ccccc24)cc13. The maximum atomic E-state index is 6.47. The van der Waals surface area contributed by atoms with Gasteiger partial charge in [0, 0.05) is 41.7 Å². The molecule has 3 aromatic heterocycles. The molecule has 0 aliphatic carbocycles. The van der Waals surface area contributed by atoms with Crippen molar-refractivity contribution in [1.82, 2.24) is 0 Å². The van der Waals surface area contributed by atoms with Crippen LogP contribution in [0.5, 0.6) is 0 Å². The Morgan fingerprint density at radius 3 is 0.933 bits per heavy atom. The topological polar surface area (TPSA) is 26.3 Å². The van der Waals surface area contributed by atoms with E-state index in [0.29, 0.717) is 0 Å². The van der Waals surface area contributed by atoms with E-state index in [1.165, 1.54) is 129 Å². The first kappa shape index (κ1) is 41.0. The van der Waals surface area contributed by atoms with E-state index >= 15 is 0 Å². The van der Waals surface area contributed by atoms with Gasteiger partial charge in [-0.15, -0.1) is 11.3 Å². The fraction of sp³-hybridized carbons (Fsp3) is 0. The normalized spacial score (nSPS) is 12.3. The van der Waals surface area contributed by atoms with Crippen molar-refractivity contribution in [3.8, 4) is 44.5 Å². The quantitative estimate of drug-likeness (QED) is 0.164.